The molecule has 0 radical (unpaired) electrons. The minimum atomic E-state index is 0.188. The Morgan fingerprint density at radius 1 is 1.08 bits per heavy atom. The highest BCUT2D eigenvalue weighted by Crippen LogP contribution is 2.38. The van der Waals surface area contributed by atoms with Crippen molar-refractivity contribution in [2.75, 3.05) is 0 Å². The summed E-state index contributed by atoms with van der Waals surface area (Å²) in [6.07, 6.45) is 8.92. The molecule has 0 spiro atoms. The monoisotopic (exact) mass is 319 g/mol. The molecule has 1 N–H and O–H groups in total. The highest BCUT2D eigenvalue weighted by atomic mass is 16.2. The number of carbonyl (C=O) groups is 1. The standard InChI is InChI=1S/C20H21N3O/c24-20-18-8-5-14(15-2-1-9-21-11-15)10-16(18)12-23(20)19-13-3-6-17(22-19)7-4-13/h1-2,5,8-11,13,17,19,22H,3-4,6-7,12H2. The first-order valence-corrected chi connectivity index (χ1v) is 8.90. The van der Waals surface area contributed by atoms with Crippen molar-refractivity contribution in [1.82, 2.24) is 15.2 Å². The molecule has 1 aliphatic carbocycles. The SMILES string of the molecule is O=C1c2ccc(-c3cccnc3)cc2CN1C1NC2CCC1CC2. The van der Waals surface area contributed by atoms with E-state index in [1.54, 1.807) is 6.20 Å². The van der Waals surface area contributed by atoms with Crippen molar-refractivity contribution in [3.63, 3.8) is 0 Å². The van der Waals surface area contributed by atoms with Crippen molar-refractivity contribution in [2.45, 2.75) is 44.4 Å². The van der Waals surface area contributed by atoms with Gasteiger partial charge >= 0.3 is 0 Å². The number of carbonyl (C=O) groups excluding carboxylic acids is 1. The van der Waals surface area contributed by atoms with Crippen molar-refractivity contribution >= 4 is 5.91 Å². The van der Waals surface area contributed by atoms with Crippen LogP contribution >= 0.6 is 0 Å². The molecule has 2 bridgehead atoms. The Labute approximate surface area is 141 Å². The predicted molar refractivity (Wildman–Crippen MR) is 92.2 cm³/mol. The Bertz CT molecular complexity index is 781. The van der Waals surface area contributed by atoms with Crippen LogP contribution in [0.3, 0.4) is 0 Å². The van der Waals surface area contributed by atoms with E-state index in [1.807, 2.05) is 24.4 Å². The summed E-state index contributed by atoms with van der Waals surface area (Å²) in [4.78, 5) is 19.2. The van der Waals surface area contributed by atoms with Gasteiger partial charge in [0.25, 0.3) is 5.91 Å². The topological polar surface area (TPSA) is 45.2 Å². The van der Waals surface area contributed by atoms with Crippen molar-refractivity contribution in [2.24, 2.45) is 5.92 Å². The Morgan fingerprint density at radius 2 is 1.96 bits per heavy atom. The Kier molecular flexibility index (Phi) is 3.20. The molecule has 3 aliphatic heterocycles. The summed E-state index contributed by atoms with van der Waals surface area (Å²) >= 11 is 0. The molecular formula is C20H21N3O. The second-order valence-electron chi connectivity index (χ2n) is 7.27. The van der Waals surface area contributed by atoms with Gasteiger partial charge in [0.15, 0.2) is 0 Å². The maximum Gasteiger partial charge on any atom is 0.255 e. The van der Waals surface area contributed by atoms with E-state index in [1.165, 1.54) is 25.7 Å². The Morgan fingerprint density at radius 3 is 2.67 bits per heavy atom. The normalized spacial score (nSPS) is 28.2. The van der Waals surface area contributed by atoms with E-state index in [4.69, 9.17) is 0 Å². The molecule has 4 aliphatic rings. The molecule has 2 aromatic rings. The third-order valence-electron chi connectivity index (χ3n) is 5.89. The number of aromatic nitrogens is 1. The molecule has 4 nitrogen and oxygen atoms in total. The van der Waals surface area contributed by atoms with Gasteiger partial charge in [0.2, 0.25) is 0 Å². The van der Waals surface area contributed by atoms with Crippen molar-refractivity contribution in [3.05, 3.63) is 53.9 Å². The van der Waals surface area contributed by atoms with Crippen LogP contribution in [0.4, 0.5) is 0 Å². The lowest BCUT2D eigenvalue weighted by molar-refractivity contribution is 0.0243. The number of pyridine rings is 1. The van der Waals surface area contributed by atoms with Gasteiger partial charge in [-0.3, -0.25) is 15.1 Å². The van der Waals surface area contributed by atoms with Crippen molar-refractivity contribution < 1.29 is 4.79 Å². The third kappa shape index (κ3) is 2.17. The highest BCUT2D eigenvalue weighted by Gasteiger charge is 2.42. The molecule has 3 fully saturated rings. The maximum atomic E-state index is 12.9. The van der Waals surface area contributed by atoms with Gasteiger partial charge in [0, 0.05) is 30.5 Å². The zero-order valence-electron chi connectivity index (χ0n) is 13.6. The molecule has 1 aromatic carbocycles. The van der Waals surface area contributed by atoms with Crippen LogP contribution in [0, 0.1) is 5.92 Å². The molecule has 6 rings (SSSR count). The number of hydrogen-bond acceptors (Lipinski definition) is 3. The number of piperidine rings is 2. The van der Waals surface area contributed by atoms with Crippen LogP contribution in [0.15, 0.2) is 42.7 Å². The molecule has 1 saturated carbocycles. The van der Waals surface area contributed by atoms with Crippen molar-refractivity contribution in [1.29, 1.82) is 0 Å². The fourth-order valence-corrected chi connectivity index (χ4v) is 4.60. The number of hydrogen-bond donors (Lipinski definition) is 1. The zero-order chi connectivity index (χ0) is 16.1. The summed E-state index contributed by atoms with van der Waals surface area (Å²) in [5.74, 6) is 0.804. The smallest absolute Gasteiger partial charge is 0.255 e. The number of amides is 1. The van der Waals surface area contributed by atoms with Gasteiger partial charge < -0.3 is 4.90 Å². The number of rotatable bonds is 2. The number of fused-ring (bicyclic) bond motifs is 4. The average molecular weight is 319 g/mol. The first kappa shape index (κ1) is 14.2. The summed E-state index contributed by atoms with van der Waals surface area (Å²) in [5, 5.41) is 3.70. The lowest BCUT2D eigenvalue weighted by atomic mass is 9.79. The van der Waals surface area contributed by atoms with Gasteiger partial charge in [-0.15, -0.1) is 0 Å². The first-order valence-electron chi connectivity index (χ1n) is 8.90. The maximum absolute atomic E-state index is 12.9. The minimum Gasteiger partial charge on any atom is -0.318 e. The van der Waals surface area contributed by atoms with Crippen LogP contribution in [0.25, 0.3) is 11.1 Å². The van der Waals surface area contributed by atoms with Gasteiger partial charge in [-0.1, -0.05) is 12.1 Å². The van der Waals surface area contributed by atoms with E-state index in [9.17, 15) is 4.79 Å². The van der Waals surface area contributed by atoms with E-state index in [-0.39, 0.29) is 12.1 Å². The molecule has 24 heavy (non-hydrogen) atoms. The summed E-state index contributed by atoms with van der Waals surface area (Å²) in [6, 6.07) is 10.8. The lowest BCUT2D eigenvalue weighted by Crippen LogP contribution is -2.60. The quantitative estimate of drug-likeness (QED) is 0.924. The summed E-state index contributed by atoms with van der Waals surface area (Å²) in [7, 11) is 0. The molecular weight excluding hydrogens is 298 g/mol. The van der Waals surface area contributed by atoms with Crippen LogP contribution in [0.2, 0.25) is 0 Å². The first-order chi connectivity index (χ1) is 11.8. The predicted octanol–water partition coefficient (Wildman–Crippen LogP) is 3.19. The van der Waals surface area contributed by atoms with Crippen LogP contribution in [0.1, 0.15) is 41.6 Å². The number of nitrogens with one attached hydrogen (secondary N) is 1. The number of benzene rings is 1. The summed E-state index contributed by atoms with van der Waals surface area (Å²) < 4.78 is 0. The van der Waals surface area contributed by atoms with Gasteiger partial charge in [0.05, 0.1) is 6.17 Å². The largest absolute Gasteiger partial charge is 0.318 e. The average Bonchev–Trinajstić information content (AvgIpc) is 2.99. The molecule has 4 heterocycles. The third-order valence-corrected chi connectivity index (χ3v) is 5.89. The second kappa shape index (κ2) is 5.42. The second-order valence-corrected chi connectivity index (χ2v) is 7.27. The molecule has 1 aromatic heterocycles. The molecule has 1 unspecified atom stereocenters. The van der Waals surface area contributed by atoms with E-state index in [2.05, 4.69) is 27.3 Å². The van der Waals surface area contributed by atoms with Crippen LogP contribution in [-0.2, 0) is 6.54 Å². The van der Waals surface area contributed by atoms with Crippen LogP contribution < -0.4 is 5.32 Å². The molecule has 1 amide bonds. The summed E-state index contributed by atoms with van der Waals surface area (Å²) in [6.45, 7) is 0.725. The molecule has 1 atom stereocenters. The van der Waals surface area contributed by atoms with Crippen LogP contribution in [-0.4, -0.2) is 28.0 Å². The van der Waals surface area contributed by atoms with Gasteiger partial charge in [-0.25, -0.2) is 0 Å². The molecule has 2 saturated heterocycles. The summed E-state index contributed by atoms with van der Waals surface area (Å²) in [5.41, 5.74) is 4.24. The van der Waals surface area contributed by atoms with E-state index in [0.717, 1.165) is 28.8 Å². The van der Waals surface area contributed by atoms with E-state index in [0.29, 0.717) is 12.0 Å². The van der Waals surface area contributed by atoms with Crippen molar-refractivity contribution in [3.8, 4) is 11.1 Å². The molecule has 122 valence electrons. The van der Waals surface area contributed by atoms with Gasteiger partial charge in [-0.05, 0) is 66.5 Å². The Balaban J connectivity index is 1.45. The zero-order valence-corrected chi connectivity index (χ0v) is 13.6. The fourth-order valence-electron chi connectivity index (χ4n) is 4.60. The lowest BCUT2D eigenvalue weighted by Gasteiger charge is -2.47. The van der Waals surface area contributed by atoms with Gasteiger partial charge in [-0.2, -0.15) is 0 Å². The van der Waals surface area contributed by atoms with E-state index < -0.39 is 0 Å². The molecule has 4 heteroatoms. The fraction of sp³-hybridized carbons (Fsp3) is 0.400. The van der Waals surface area contributed by atoms with Gasteiger partial charge in [0.1, 0.15) is 0 Å². The minimum absolute atomic E-state index is 0.188. The Hall–Kier alpha value is -2.20. The highest BCUT2D eigenvalue weighted by molar-refractivity contribution is 5.99. The number of nitrogens with zero attached hydrogens (tertiary/aromatic N) is 2. The van der Waals surface area contributed by atoms with Crippen LogP contribution in [0.5, 0.6) is 0 Å². The van der Waals surface area contributed by atoms with E-state index >= 15 is 0 Å².